The van der Waals surface area contributed by atoms with Gasteiger partial charge in [-0.3, -0.25) is 14.5 Å². The van der Waals surface area contributed by atoms with Crippen LogP contribution in [-0.4, -0.2) is 59.9 Å². The largest absolute Gasteiger partial charge is 0.353 e. The van der Waals surface area contributed by atoms with E-state index < -0.39 is 5.54 Å². The zero-order chi connectivity index (χ0) is 17.2. The third kappa shape index (κ3) is 2.76. The second-order valence-electron chi connectivity index (χ2n) is 6.35. The lowest BCUT2D eigenvalue weighted by atomic mass is 9.83. The first-order chi connectivity index (χ1) is 11.6. The number of nitrogens with zero attached hydrogens (tertiary/aromatic N) is 3. The zero-order valence-electron chi connectivity index (χ0n) is 13.9. The minimum atomic E-state index is -0.474. The molecule has 1 aromatic rings. The molecule has 0 bridgehead atoms. The van der Waals surface area contributed by atoms with Crippen LogP contribution in [-0.2, 0) is 4.79 Å². The Morgan fingerprint density at radius 3 is 2.75 bits per heavy atom. The summed E-state index contributed by atoms with van der Waals surface area (Å²) in [6.45, 7) is 5.58. The van der Waals surface area contributed by atoms with Gasteiger partial charge in [0.05, 0.1) is 11.6 Å². The van der Waals surface area contributed by atoms with Crippen molar-refractivity contribution < 1.29 is 9.59 Å². The van der Waals surface area contributed by atoms with E-state index in [9.17, 15) is 9.59 Å². The Kier molecular flexibility index (Phi) is 4.54. The summed E-state index contributed by atoms with van der Waals surface area (Å²) >= 11 is 0. The Morgan fingerprint density at radius 1 is 1.33 bits per heavy atom. The van der Waals surface area contributed by atoms with Gasteiger partial charge in [0.15, 0.2) is 0 Å². The second kappa shape index (κ2) is 6.62. The van der Waals surface area contributed by atoms with E-state index in [2.05, 4.69) is 23.2 Å². The second-order valence-corrected chi connectivity index (χ2v) is 6.35. The summed E-state index contributed by atoms with van der Waals surface area (Å²) in [5.74, 6) is 0.0235. The van der Waals surface area contributed by atoms with Gasteiger partial charge < -0.3 is 10.2 Å². The Balaban J connectivity index is 1.73. The number of hydrogen-bond acceptors (Lipinski definition) is 4. The maximum absolute atomic E-state index is 12.7. The number of likely N-dealkylation sites (N-methyl/N-ethyl adjacent to an activating group) is 1. The highest BCUT2D eigenvalue weighted by Gasteiger charge is 2.47. The highest BCUT2D eigenvalue weighted by Crippen LogP contribution is 2.31. The first-order valence-electron chi connectivity index (χ1n) is 8.43. The van der Waals surface area contributed by atoms with Crippen LogP contribution in [0.25, 0.3) is 0 Å². The fraction of sp³-hybridized carbons (Fsp3) is 0.500. The maximum Gasteiger partial charge on any atom is 0.253 e. The van der Waals surface area contributed by atoms with Crippen LogP contribution in [0, 0.1) is 11.3 Å². The standard InChI is InChI=1S/C18H22N4O2/c1-2-22-11-8-20-17(24)18(22)6-9-21(10-7-18)16(23)15-5-3-4-14(12-15)13-19/h3-5,12H,2,6-11H2,1H3,(H,20,24). The molecule has 0 unspecified atom stereocenters. The van der Waals surface area contributed by atoms with Gasteiger partial charge in [-0.1, -0.05) is 13.0 Å². The van der Waals surface area contributed by atoms with Crippen LogP contribution in [0.5, 0.6) is 0 Å². The molecule has 1 aromatic carbocycles. The van der Waals surface area contributed by atoms with Crippen LogP contribution < -0.4 is 5.32 Å². The van der Waals surface area contributed by atoms with E-state index in [4.69, 9.17) is 5.26 Å². The number of hydrogen-bond donors (Lipinski definition) is 1. The monoisotopic (exact) mass is 326 g/mol. The van der Waals surface area contributed by atoms with E-state index in [1.807, 2.05) is 0 Å². The molecular formula is C18H22N4O2. The molecule has 6 heteroatoms. The van der Waals surface area contributed by atoms with Crippen LogP contribution in [0.2, 0.25) is 0 Å². The molecule has 0 saturated carbocycles. The van der Waals surface area contributed by atoms with Gasteiger partial charge in [0.2, 0.25) is 5.91 Å². The normalized spacial score (nSPS) is 20.5. The molecule has 126 valence electrons. The molecule has 1 spiro atoms. The molecule has 2 amide bonds. The van der Waals surface area contributed by atoms with Crippen molar-refractivity contribution in [3.63, 3.8) is 0 Å². The molecule has 0 radical (unpaired) electrons. The highest BCUT2D eigenvalue weighted by atomic mass is 16.2. The predicted molar refractivity (Wildman–Crippen MR) is 89.3 cm³/mol. The lowest BCUT2D eigenvalue weighted by molar-refractivity contribution is -0.140. The van der Waals surface area contributed by atoms with Gasteiger partial charge in [-0.05, 0) is 37.6 Å². The minimum absolute atomic E-state index is 0.0683. The molecule has 1 N–H and O–H groups in total. The summed E-state index contributed by atoms with van der Waals surface area (Å²) in [5, 5.41) is 12.0. The molecule has 0 atom stereocenters. The van der Waals surface area contributed by atoms with Gasteiger partial charge >= 0.3 is 0 Å². The maximum atomic E-state index is 12.7. The summed E-state index contributed by atoms with van der Waals surface area (Å²) in [6.07, 6.45) is 1.30. The Labute approximate surface area is 142 Å². The number of piperidine rings is 1. The van der Waals surface area contributed by atoms with Crippen molar-refractivity contribution in [2.24, 2.45) is 0 Å². The number of rotatable bonds is 2. The zero-order valence-corrected chi connectivity index (χ0v) is 13.9. The molecule has 2 aliphatic rings. The molecule has 2 heterocycles. The summed E-state index contributed by atoms with van der Waals surface area (Å²) < 4.78 is 0. The number of carbonyl (C=O) groups is 2. The lowest BCUT2D eigenvalue weighted by Gasteiger charge is -2.49. The molecule has 2 saturated heterocycles. The number of nitriles is 1. The first kappa shape index (κ1) is 16.5. The highest BCUT2D eigenvalue weighted by molar-refractivity contribution is 5.95. The van der Waals surface area contributed by atoms with Gasteiger partial charge in [0, 0.05) is 31.7 Å². The van der Waals surface area contributed by atoms with Crippen molar-refractivity contribution >= 4 is 11.8 Å². The third-order valence-corrected chi connectivity index (χ3v) is 5.19. The summed E-state index contributed by atoms with van der Waals surface area (Å²) in [5.41, 5.74) is 0.543. The van der Waals surface area contributed by atoms with Crippen LogP contribution >= 0.6 is 0 Å². The van der Waals surface area contributed by atoms with Crippen molar-refractivity contribution in [1.29, 1.82) is 5.26 Å². The SMILES string of the molecule is CCN1CCNC(=O)C12CCN(C(=O)c1cccc(C#N)c1)CC2. The number of likely N-dealkylation sites (tertiary alicyclic amines) is 1. The molecule has 0 aliphatic carbocycles. The molecule has 6 nitrogen and oxygen atoms in total. The van der Waals surface area contributed by atoms with E-state index in [1.54, 1.807) is 29.2 Å². The molecule has 2 aliphatic heterocycles. The van der Waals surface area contributed by atoms with Crippen molar-refractivity contribution in [1.82, 2.24) is 15.1 Å². The Hall–Kier alpha value is -2.39. The number of piperazine rings is 1. The van der Waals surface area contributed by atoms with E-state index >= 15 is 0 Å². The van der Waals surface area contributed by atoms with Gasteiger partial charge in [-0.2, -0.15) is 5.26 Å². The average Bonchev–Trinajstić information content (AvgIpc) is 2.64. The quantitative estimate of drug-likeness (QED) is 0.879. The van der Waals surface area contributed by atoms with E-state index in [1.165, 1.54) is 0 Å². The van der Waals surface area contributed by atoms with Crippen molar-refractivity contribution in [2.75, 3.05) is 32.7 Å². The molecule has 0 aromatic heterocycles. The molecule has 24 heavy (non-hydrogen) atoms. The summed E-state index contributed by atoms with van der Waals surface area (Å²) in [7, 11) is 0. The lowest BCUT2D eigenvalue weighted by Crippen LogP contribution is -2.68. The van der Waals surface area contributed by atoms with E-state index in [0.29, 0.717) is 43.6 Å². The van der Waals surface area contributed by atoms with Crippen molar-refractivity contribution in [3.8, 4) is 6.07 Å². The van der Waals surface area contributed by atoms with Gasteiger partial charge in [-0.15, -0.1) is 0 Å². The average molecular weight is 326 g/mol. The van der Waals surface area contributed by atoms with Gasteiger partial charge in [0.25, 0.3) is 5.91 Å². The Bertz CT molecular complexity index is 687. The van der Waals surface area contributed by atoms with Crippen molar-refractivity contribution in [3.05, 3.63) is 35.4 Å². The van der Waals surface area contributed by atoms with Crippen LogP contribution in [0.15, 0.2) is 24.3 Å². The number of nitrogens with one attached hydrogen (secondary N) is 1. The predicted octanol–water partition coefficient (Wildman–Crippen LogP) is 0.985. The van der Waals surface area contributed by atoms with Crippen molar-refractivity contribution in [2.45, 2.75) is 25.3 Å². The summed E-state index contributed by atoms with van der Waals surface area (Å²) in [4.78, 5) is 29.2. The van der Waals surface area contributed by atoms with Crippen LogP contribution in [0.1, 0.15) is 35.7 Å². The molecule has 2 fully saturated rings. The van der Waals surface area contributed by atoms with Gasteiger partial charge in [-0.25, -0.2) is 0 Å². The first-order valence-corrected chi connectivity index (χ1v) is 8.43. The third-order valence-electron chi connectivity index (χ3n) is 5.19. The number of carbonyl (C=O) groups excluding carboxylic acids is 2. The molecular weight excluding hydrogens is 304 g/mol. The van der Waals surface area contributed by atoms with Crippen LogP contribution in [0.4, 0.5) is 0 Å². The smallest absolute Gasteiger partial charge is 0.253 e. The van der Waals surface area contributed by atoms with Crippen LogP contribution in [0.3, 0.4) is 0 Å². The summed E-state index contributed by atoms with van der Waals surface area (Å²) in [6, 6.07) is 8.83. The fourth-order valence-electron chi connectivity index (χ4n) is 3.81. The minimum Gasteiger partial charge on any atom is -0.353 e. The van der Waals surface area contributed by atoms with E-state index in [-0.39, 0.29) is 11.8 Å². The number of amides is 2. The number of benzene rings is 1. The molecule has 3 rings (SSSR count). The topological polar surface area (TPSA) is 76.4 Å². The fourth-order valence-corrected chi connectivity index (χ4v) is 3.81. The Morgan fingerprint density at radius 2 is 2.08 bits per heavy atom. The van der Waals surface area contributed by atoms with Gasteiger partial charge in [0.1, 0.15) is 5.54 Å². The van der Waals surface area contributed by atoms with E-state index in [0.717, 1.165) is 13.1 Å².